The highest BCUT2D eigenvalue weighted by atomic mass is 16.2. The van der Waals surface area contributed by atoms with E-state index in [1.807, 2.05) is 20.8 Å². The molecule has 5 amide bonds. The Morgan fingerprint density at radius 1 is 0.896 bits per heavy atom. The normalized spacial score (nSPS) is 24.2. The third-order valence-electron chi connectivity index (χ3n) is 10.5. The lowest BCUT2D eigenvalue weighted by molar-refractivity contribution is -0.145. The van der Waals surface area contributed by atoms with E-state index in [1.54, 1.807) is 4.90 Å². The molecule has 13 nitrogen and oxygen atoms in total. The summed E-state index contributed by atoms with van der Waals surface area (Å²) in [7, 11) is 0. The summed E-state index contributed by atoms with van der Waals surface area (Å²) in [5.41, 5.74) is 0.102. The lowest BCUT2D eigenvalue weighted by atomic mass is 9.83. The number of carbonyl (C=O) groups is 6. The Morgan fingerprint density at radius 2 is 1.65 bits per heavy atom. The zero-order valence-corrected chi connectivity index (χ0v) is 28.4. The Morgan fingerprint density at radius 3 is 2.29 bits per heavy atom. The van der Waals surface area contributed by atoms with Gasteiger partial charge in [-0.15, -0.1) is 0 Å². The number of fused-ring (bicyclic) bond motifs is 1. The highest BCUT2D eigenvalue weighted by Gasteiger charge is 2.51. The Hall–Kier alpha value is -3.90. The van der Waals surface area contributed by atoms with Crippen molar-refractivity contribution in [1.29, 1.82) is 0 Å². The molecule has 4 fully saturated rings. The molecule has 48 heavy (non-hydrogen) atoms. The summed E-state index contributed by atoms with van der Waals surface area (Å²) >= 11 is 0. The fraction of sp³-hybridized carbons (Fsp3) is 0.714. The molecule has 1 aliphatic heterocycles. The summed E-state index contributed by atoms with van der Waals surface area (Å²) in [6, 6.07) is -3.58. The Kier molecular flexibility index (Phi) is 11.8. The van der Waals surface area contributed by atoms with E-state index in [9.17, 15) is 28.8 Å². The monoisotopic (exact) mass is 665 g/mol. The average molecular weight is 666 g/mol. The molecule has 4 N–H and O–H groups in total. The van der Waals surface area contributed by atoms with Crippen LogP contribution in [-0.2, 0) is 24.0 Å². The van der Waals surface area contributed by atoms with Crippen molar-refractivity contribution in [2.45, 2.75) is 128 Å². The summed E-state index contributed by atoms with van der Waals surface area (Å²) in [4.78, 5) is 90.8. The number of carbonyl (C=O) groups excluding carboxylic acids is 6. The van der Waals surface area contributed by atoms with Crippen LogP contribution in [0.2, 0.25) is 0 Å². The SMILES string of the molecule is CCCC(NC(=O)C1C2CCCC2CN1C(=O)C(NC(=O)C(NC(=O)c1cnccn1)C1CCCCC1)C(C)C)C(=O)C(=O)NC1CC1. The molecule has 0 spiro atoms. The maximum Gasteiger partial charge on any atom is 0.289 e. The quantitative estimate of drug-likeness (QED) is 0.218. The van der Waals surface area contributed by atoms with Gasteiger partial charge in [0.15, 0.2) is 0 Å². The first kappa shape index (κ1) is 35.4. The van der Waals surface area contributed by atoms with Crippen LogP contribution in [0, 0.1) is 23.7 Å². The third kappa shape index (κ3) is 8.38. The van der Waals surface area contributed by atoms with Crippen molar-refractivity contribution in [3.8, 4) is 0 Å². The van der Waals surface area contributed by atoms with Crippen LogP contribution in [0.3, 0.4) is 0 Å². The lowest BCUT2D eigenvalue weighted by Crippen LogP contribution is -2.60. The molecule has 0 bridgehead atoms. The molecule has 0 radical (unpaired) electrons. The summed E-state index contributed by atoms with van der Waals surface area (Å²) < 4.78 is 0. The molecule has 0 aromatic carbocycles. The van der Waals surface area contributed by atoms with Crippen LogP contribution in [-0.4, -0.2) is 86.9 Å². The van der Waals surface area contributed by atoms with E-state index in [2.05, 4.69) is 31.2 Å². The van der Waals surface area contributed by atoms with Gasteiger partial charge in [-0.2, -0.15) is 0 Å². The van der Waals surface area contributed by atoms with Crippen LogP contribution in [0.5, 0.6) is 0 Å². The van der Waals surface area contributed by atoms with E-state index in [-0.39, 0.29) is 41.3 Å². The number of nitrogens with one attached hydrogen (secondary N) is 4. The van der Waals surface area contributed by atoms with Crippen LogP contribution < -0.4 is 21.3 Å². The molecule has 6 unspecified atom stereocenters. The summed E-state index contributed by atoms with van der Waals surface area (Å²) in [6.07, 6.45) is 13.9. The predicted octanol–water partition coefficient (Wildman–Crippen LogP) is 2.06. The molecular weight excluding hydrogens is 614 g/mol. The maximum absolute atomic E-state index is 14.4. The number of aromatic nitrogens is 2. The van der Waals surface area contributed by atoms with Crippen molar-refractivity contribution in [2.75, 3.05) is 6.54 Å². The maximum atomic E-state index is 14.4. The van der Waals surface area contributed by atoms with Gasteiger partial charge in [0.1, 0.15) is 23.8 Å². The summed E-state index contributed by atoms with van der Waals surface area (Å²) in [6.45, 7) is 5.95. The van der Waals surface area contributed by atoms with Crippen molar-refractivity contribution in [2.24, 2.45) is 23.7 Å². The first-order valence-electron chi connectivity index (χ1n) is 17.9. The Balaban J connectivity index is 1.33. The summed E-state index contributed by atoms with van der Waals surface area (Å²) in [5.74, 6) is -3.45. The number of Topliss-reactive ketones (excluding diaryl/α,β-unsaturated/α-hetero) is 1. The lowest BCUT2D eigenvalue weighted by Gasteiger charge is -2.35. The second-order valence-electron chi connectivity index (χ2n) is 14.4. The number of nitrogens with zero attached hydrogens (tertiary/aromatic N) is 3. The topological polar surface area (TPSA) is 180 Å². The minimum Gasteiger partial charge on any atom is -0.347 e. The van der Waals surface area contributed by atoms with Gasteiger partial charge in [0.25, 0.3) is 11.8 Å². The highest BCUT2D eigenvalue weighted by molar-refractivity contribution is 6.38. The zero-order valence-electron chi connectivity index (χ0n) is 28.4. The Bertz CT molecular complexity index is 1350. The van der Waals surface area contributed by atoms with Crippen LogP contribution in [0.4, 0.5) is 0 Å². The van der Waals surface area contributed by atoms with E-state index in [1.165, 1.54) is 18.6 Å². The van der Waals surface area contributed by atoms with Crippen LogP contribution >= 0.6 is 0 Å². The number of hydrogen-bond donors (Lipinski definition) is 4. The molecule has 3 aliphatic carbocycles. The van der Waals surface area contributed by atoms with E-state index in [0.29, 0.717) is 19.4 Å². The van der Waals surface area contributed by atoms with E-state index >= 15 is 0 Å². The van der Waals surface area contributed by atoms with Crippen LogP contribution in [0.1, 0.15) is 108 Å². The van der Waals surface area contributed by atoms with Crippen molar-refractivity contribution >= 4 is 35.3 Å². The van der Waals surface area contributed by atoms with Gasteiger partial charge in [-0.25, -0.2) is 4.98 Å². The molecule has 2 heterocycles. The molecule has 1 aromatic heterocycles. The molecule has 1 saturated heterocycles. The first-order chi connectivity index (χ1) is 23.1. The first-order valence-corrected chi connectivity index (χ1v) is 17.9. The smallest absolute Gasteiger partial charge is 0.289 e. The van der Waals surface area contributed by atoms with Crippen molar-refractivity contribution in [3.05, 3.63) is 24.3 Å². The van der Waals surface area contributed by atoms with Crippen molar-refractivity contribution in [3.63, 3.8) is 0 Å². The van der Waals surface area contributed by atoms with Crippen LogP contribution in [0.25, 0.3) is 0 Å². The van der Waals surface area contributed by atoms with Gasteiger partial charge in [-0.1, -0.05) is 52.9 Å². The second kappa shape index (κ2) is 16.0. The molecular formula is C35H51N7O6. The number of hydrogen-bond acceptors (Lipinski definition) is 8. The van der Waals surface area contributed by atoms with Gasteiger partial charge in [0, 0.05) is 25.0 Å². The molecule has 5 rings (SSSR count). The number of amides is 5. The average Bonchev–Trinajstić information content (AvgIpc) is 3.65. The van der Waals surface area contributed by atoms with Gasteiger partial charge >= 0.3 is 0 Å². The standard InChI is InChI=1S/C35H51N7O6/c1-4-9-25(30(43)34(47)38-23-14-15-23)39-33(46)29-24-13-8-12-22(24)19-42(29)35(48)27(20(2)3)40-32(45)28(21-10-6-5-7-11-21)41-31(44)26-18-36-16-17-37-26/h16-18,20-25,27-29H,4-15,19H2,1-3H3,(H,38,47)(H,39,46)(H,40,45)(H,41,44). The number of ketones is 1. The molecule has 1 aromatic rings. The van der Waals surface area contributed by atoms with Gasteiger partial charge in [-0.05, 0) is 68.6 Å². The van der Waals surface area contributed by atoms with E-state index < -0.39 is 53.6 Å². The number of likely N-dealkylation sites (tertiary alicyclic amines) is 1. The Labute approximate surface area is 282 Å². The zero-order chi connectivity index (χ0) is 34.4. The minimum absolute atomic E-state index is 0.0165. The second-order valence-corrected chi connectivity index (χ2v) is 14.4. The summed E-state index contributed by atoms with van der Waals surface area (Å²) in [5, 5.41) is 11.4. The van der Waals surface area contributed by atoms with E-state index in [4.69, 9.17) is 0 Å². The van der Waals surface area contributed by atoms with Gasteiger partial charge < -0.3 is 26.2 Å². The minimum atomic E-state index is -0.978. The van der Waals surface area contributed by atoms with Gasteiger partial charge in [0.05, 0.1) is 12.2 Å². The predicted molar refractivity (Wildman–Crippen MR) is 176 cm³/mol. The largest absolute Gasteiger partial charge is 0.347 e. The highest BCUT2D eigenvalue weighted by Crippen LogP contribution is 2.43. The van der Waals surface area contributed by atoms with Gasteiger partial charge in [-0.3, -0.25) is 33.8 Å². The number of rotatable bonds is 14. The molecule has 6 atom stereocenters. The molecule has 3 saturated carbocycles. The van der Waals surface area contributed by atoms with Gasteiger partial charge in [0.2, 0.25) is 23.5 Å². The molecule has 262 valence electrons. The van der Waals surface area contributed by atoms with Crippen LogP contribution in [0.15, 0.2) is 18.6 Å². The fourth-order valence-electron chi connectivity index (χ4n) is 7.76. The van der Waals surface area contributed by atoms with Crippen molar-refractivity contribution < 1.29 is 28.8 Å². The molecule has 4 aliphatic rings. The van der Waals surface area contributed by atoms with E-state index in [0.717, 1.165) is 64.2 Å². The fourth-order valence-corrected chi connectivity index (χ4v) is 7.76. The third-order valence-corrected chi connectivity index (χ3v) is 10.5. The van der Waals surface area contributed by atoms with Crippen molar-refractivity contribution in [1.82, 2.24) is 36.1 Å². The molecule has 13 heteroatoms.